The van der Waals surface area contributed by atoms with Crippen molar-refractivity contribution in [2.45, 2.75) is 13.3 Å². The predicted molar refractivity (Wildman–Crippen MR) is 105 cm³/mol. The zero-order chi connectivity index (χ0) is 17.4. The Balaban J connectivity index is 1.52. The molecule has 130 valence electrons. The number of para-hydroxylation sites is 1. The quantitative estimate of drug-likeness (QED) is 0.730. The summed E-state index contributed by atoms with van der Waals surface area (Å²) in [5.74, 6) is 0.549. The van der Waals surface area contributed by atoms with Crippen LogP contribution in [0.25, 0.3) is 9.53 Å². The molecule has 2 aromatic heterocycles. The van der Waals surface area contributed by atoms with Crippen LogP contribution in [0.3, 0.4) is 0 Å². The van der Waals surface area contributed by atoms with E-state index >= 15 is 0 Å². The van der Waals surface area contributed by atoms with E-state index in [-0.39, 0.29) is 5.91 Å². The van der Waals surface area contributed by atoms with Gasteiger partial charge in [-0.1, -0.05) is 29.5 Å². The molecule has 0 spiro atoms. The van der Waals surface area contributed by atoms with Crippen LogP contribution in [0.5, 0.6) is 0 Å². The van der Waals surface area contributed by atoms with Crippen molar-refractivity contribution in [3.05, 3.63) is 40.8 Å². The first-order valence-electron chi connectivity index (χ1n) is 8.36. The molecule has 3 aromatic rings. The van der Waals surface area contributed by atoms with Gasteiger partial charge in [0.05, 0.1) is 9.58 Å². The maximum atomic E-state index is 12.7. The largest absolute Gasteiger partial charge is 0.338 e. The van der Waals surface area contributed by atoms with Crippen LogP contribution >= 0.6 is 22.7 Å². The van der Waals surface area contributed by atoms with E-state index in [0.29, 0.717) is 12.5 Å². The molecule has 0 radical (unpaired) electrons. The minimum absolute atomic E-state index is 0.111. The minimum atomic E-state index is 0.111. The van der Waals surface area contributed by atoms with Gasteiger partial charge < -0.3 is 16.0 Å². The van der Waals surface area contributed by atoms with Crippen LogP contribution in [0, 0.1) is 12.8 Å². The number of carbonyl (C=O) groups excluding carboxylic acids is 1. The number of amides is 1. The molecule has 0 bridgehead atoms. The average Bonchev–Trinajstić information content (AvgIpc) is 3.30. The van der Waals surface area contributed by atoms with Gasteiger partial charge in [0.1, 0.15) is 4.83 Å². The number of rotatable bonds is 4. The van der Waals surface area contributed by atoms with E-state index in [1.54, 1.807) is 11.3 Å². The molecule has 1 fully saturated rings. The summed E-state index contributed by atoms with van der Waals surface area (Å²) in [7, 11) is 0. The first-order valence-corrected chi connectivity index (χ1v) is 9.99. The molecular formula is C18H20N4OS2. The van der Waals surface area contributed by atoms with Crippen LogP contribution in [-0.4, -0.2) is 35.4 Å². The standard InChI is InChI=1S/C18H20N4OS2/c1-11-4-2-3-5-13(11)20-18-21-16-14(25-18)8-15(24-16)17(23)22-7-6-12(9-19)10-22/h2-5,8,12H,6-7,9-10,19H2,1H3,(H,20,21). The number of benzene rings is 1. The van der Waals surface area contributed by atoms with Crippen LogP contribution in [0.1, 0.15) is 21.7 Å². The van der Waals surface area contributed by atoms with Crippen LogP contribution in [0.2, 0.25) is 0 Å². The van der Waals surface area contributed by atoms with Gasteiger partial charge in [0.15, 0.2) is 5.13 Å². The molecule has 1 amide bonds. The number of thiophene rings is 1. The van der Waals surface area contributed by atoms with E-state index in [4.69, 9.17) is 5.73 Å². The normalized spacial score (nSPS) is 17.4. The first kappa shape index (κ1) is 16.5. The van der Waals surface area contributed by atoms with Crippen LogP contribution < -0.4 is 11.1 Å². The molecule has 1 saturated heterocycles. The van der Waals surface area contributed by atoms with Crippen molar-refractivity contribution >= 4 is 48.9 Å². The summed E-state index contributed by atoms with van der Waals surface area (Å²) in [6.45, 7) is 4.30. The zero-order valence-corrected chi connectivity index (χ0v) is 15.6. The van der Waals surface area contributed by atoms with Crippen molar-refractivity contribution in [3.63, 3.8) is 0 Å². The third-order valence-electron chi connectivity index (χ3n) is 4.59. The molecule has 1 atom stereocenters. The van der Waals surface area contributed by atoms with Crippen molar-refractivity contribution < 1.29 is 4.79 Å². The van der Waals surface area contributed by atoms with Crippen LogP contribution in [-0.2, 0) is 0 Å². The third kappa shape index (κ3) is 3.27. The van der Waals surface area contributed by atoms with E-state index in [2.05, 4.69) is 23.3 Å². The molecule has 3 N–H and O–H groups in total. The number of nitrogens with zero attached hydrogens (tertiary/aromatic N) is 2. The number of likely N-dealkylation sites (tertiary alicyclic amines) is 1. The van der Waals surface area contributed by atoms with Crippen molar-refractivity contribution in [2.24, 2.45) is 11.7 Å². The minimum Gasteiger partial charge on any atom is -0.338 e. The molecular weight excluding hydrogens is 352 g/mol. The lowest BCUT2D eigenvalue weighted by molar-refractivity contribution is 0.0792. The fourth-order valence-corrected chi connectivity index (χ4v) is 5.18. The molecule has 7 heteroatoms. The third-order valence-corrected chi connectivity index (χ3v) is 6.66. The Morgan fingerprint density at radius 3 is 2.96 bits per heavy atom. The summed E-state index contributed by atoms with van der Waals surface area (Å²) < 4.78 is 1.05. The summed E-state index contributed by atoms with van der Waals surface area (Å²) in [6, 6.07) is 10.1. The van der Waals surface area contributed by atoms with Gasteiger partial charge in [-0.15, -0.1) is 11.3 Å². The Bertz CT molecular complexity index is 885. The van der Waals surface area contributed by atoms with Crippen molar-refractivity contribution in [3.8, 4) is 0 Å². The lowest BCUT2D eigenvalue weighted by atomic mass is 10.1. The van der Waals surface area contributed by atoms with Crippen molar-refractivity contribution in [1.82, 2.24) is 9.88 Å². The monoisotopic (exact) mass is 372 g/mol. The number of nitrogens with one attached hydrogen (secondary N) is 1. The van der Waals surface area contributed by atoms with Crippen LogP contribution in [0.4, 0.5) is 10.8 Å². The molecule has 3 heterocycles. The lowest BCUT2D eigenvalue weighted by Gasteiger charge is -2.14. The van der Waals surface area contributed by atoms with Crippen molar-refractivity contribution in [1.29, 1.82) is 0 Å². The molecule has 1 aliphatic heterocycles. The molecule has 1 unspecified atom stereocenters. The highest BCUT2D eigenvalue weighted by Crippen LogP contribution is 2.35. The first-order chi connectivity index (χ1) is 12.1. The van der Waals surface area contributed by atoms with Gasteiger partial charge in [-0.25, -0.2) is 4.98 Å². The molecule has 25 heavy (non-hydrogen) atoms. The maximum Gasteiger partial charge on any atom is 0.264 e. The molecule has 0 saturated carbocycles. The number of hydrogen-bond donors (Lipinski definition) is 2. The second-order valence-electron chi connectivity index (χ2n) is 6.38. The zero-order valence-electron chi connectivity index (χ0n) is 14.0. The lowest BCUT2D eigenvalue weighted by Crippen LogP contribution is -2.29. The van der Waals surface area contributed by atoms with Gasteiger partial charge in [0, 0.05) is 18.8 Å². The highest BCUT2D eigenvalue weighted by Gasteiger charge is 2.27. The maximum absolute atomic E-state index is 12.7. The summed E-state index contributed by atoms with van der Waals surface area (Å²) in [4.78, 5) is 20.9. The van der Waals surface area contributed by atoms with Gasteiger partial charge in [0.2, 0.25) is 0 Å². The number of fused-ring (bicyclic) bond motifs is 1. The average molecular weight is 373 g/mol. The van der Waals surface area contributed by atoms with Crippen LogP contribution in [0.15, 0.2) is 30.3 Å². The van der Waals surface area contributed by atoms with E-state index < -0.39 is 0 Å². The topological polar surface area (TPSA) is 71.2 Å². The Kier molecular flexibility index (Phi) is 4.45. The summed E-state index contributed by atoms with van der Waals surface area (Å²) in [6.07, 6.45) is 1.00. The number of carbonyl (C=O) groups is 1. The fourth-order valence-electron chi connectivity index (χ4n) is 3.09. The molecule has 0 aliphatic carbocycles. The Hall–Kier alpha value is -1.96. The molecule has 5 nitrogen and oxygen atoms in total. The Labute approximate surface area is 154 Å². The molecule has 4 rings (SSSR count). The van der Waals surface area contributed by atoms with Gasteiger partial charge in [-0.3, -0.25) is 4.79 Å². The number of thiazole rings is 1. The molecule has 1 aliphatic rings. The molecule has 1 aromatic carbocycles. The fraction of sp³-hybridized carbons (Fsp3) is 0.333. The summed E-state index contributed by atoms with van der Waals surface area (Å²) in [5, 5.41) is 4.23. The van der Waals surface area contributed by atoms with E-state index in [9.17, 15) is 4.79 Å². The number of anilines is 2. The predicted octanol–water partition coefficient (Wildman–Crippen LogP) is 3.83. The highest BCUT2D eigenvalue weighted by atomic mass is 32.1. The number of aromatic nitrogens is 1. The number of hydrogen-bond acceptors (Lipinski definition) is 6. The Morgan fingerprint density at radius 2 is 2.24 bits per heavy atom. The van der Waals surface area contributed by atoms with E-state index in [0.717, 1.165) is 44.7 Å². The van der Waals surface area contributed by atoms with Gasteiger partial charge in [-0.05, 0) is 43.5 Å². The SMILES string of the molecule is Cc1ccccc1Nc1nc2sc(C(=O)N3CCC(CN)C3)cc2s1. The van der Waals surface area contributed by atoms with Crippen molar-refractivity contribution in [2.75, 3.05) is 25.0 Å². The highest BCUT2D eigenvalue weighted by molar-refractivity contribution is 7.29. The van der Waals surface area contributed by atoms with Gasteiger partial charge >= 0.3 is 0 Å². The second-order valence-corrected chi connectivity index (χ2v) is 8.44. The van der Waals surface area contributed by atoms with E-state index in [1.807, 2.05) is 29.2 Å². The smallest absolute Gasteiger partial charge is 0.264 e. The summed E-state index contributed by atoms with van der Waals surface area (Å²) >= 11 is 3.06. The number of nitrogens with two attached hydrogens (primary N) is 1. The van der Waals surface area contributed by atoms with Gasteiger partial charge in [-0.2, -0.15) is 0 Å². The second kappa shape index (κ2) is 6.74. The Morgan fingerprint density at radius 1 is 1.40 bits per heavy atom. The van der Waals surface area contributed by atoms with E-state index in [1.165, 1.54) is 16.9 Å². The van der Waals surface area contributed by atoms with Gasteiger partial charge in [0.25, 0.3) is 5.91 Å². The summed E-state index contributed by atoms with van der Waals surface area (Å²) in [5.41, 5.74) is 7.96. The number of aryl methyl sites for hydroxylation is 1.